The molecule has 0 aliphatic rings. The van der Waals surface area contributed by atoms with Crippen LogP contribution >= 0.6 is 0 Å². The Kier molecular flexibility index (Phi) is 7.44. The van der Waals surface area contributed by atoms with E-state index < -0.39 is 0 Å². The second-order valence-electron chi connectivity index (χ2n) is 2.86. The van der Waals surface area contributed by atoms with Crippen molar-refractivity contribution in [3.05, 3.63) is 35.4 Å². The number of hydrogen-bond donors (Lipinski definition) is 1. The summed E-state index contributed by atoms with van der Waals surface area (Å²) in [6, 6.07) is 9.04. The maximum atomic E-state index is 5.24. The molecule has 77 valence electrons. The first kappa shape index (κ1) is 14.5. The molecule has 3 nitrogen and oxygen atoms in total. The van der Waals surface area contributed by atoms with E-state index in [4.69, 9.17) is 5.84 Å². The van der Waals surface area contributed by atoms with Crippen LogP contribution in [0.2, 0.25) is 0 Å². The fraction of sp³-hybridized carbons (Fsp3) is 0.273. The van der Waals surface area contributed by atoms with Crippen molar-refractivity contribution < 1.29 is 32.7 Å². The van der Waals surface area contributed by atoms with Crippen LogP contribution in [0.5, 0.6) is 0 Å². The van der Waals surface area contributed by atoms with E-state index in [1.807, 2.05) is 18.2 Å². The quantitative estimate of drug-likeness (QED) is 0.386. The first-order chi connectivity index (χ1) is 6.81. The summed E-state index contributed by atoms with van der Waals surface area (Å²) in [5.74, 6) is 5.24. The Bertz CT molecular complexity index is 341. The van der Waals surface area contributed by atoms with Gasteiger partial charge >= 0.3 is 0 Å². The fourth-order valence-electron chi connectivity index (χ4n) is 1.14. The van der Waals surface area contributed by atoms with Gasteiger partial charge in [-0.1, -0.05) is 13.3 Å². The zero-order chi connectivity index (χ0) is 10.4. The van der Waals surface area contributed by atoms with Gasteiger partial charge in [-0.3, -0.25) is 4.99 Å². The van der Waals surface area contributed by atoms with Crippen molar-refractivity contribution in [3.8, 4) is 0 Å². The van der Waals surface area contributed by atoms with Gasteiger partial charge in [0, 0.05) is 46.0 Å². The number of hydrogen-bond acceptors (Lipinski definition) is 3. The maximum absolute atomic E-state index is 5.24. The predicted molar refractivity (Wildman–Crippen MR) is 59.8 cm³/mol. The third-order valence-corrected chi connectivity index (χ3v) is 1.94. The molecule has 0 amide bonds. The van der Waals surface area contributed by atoms with Crippen LogP contribution in [0, 0.1) is 6.07 Å². The van der Waals surface area contributed by atoms with Gasteiger partial charge in [-0.2, -0.15) is 34.9 Å². The van der Waals surface area contributed by atoms with E-state index in [0.29, 0.717) is 5.71 Å². The molecule has 1 aromatic rings. The minimum absolute atomic E-state index is 0. The van der Waals surface area contributed by atoms with Crippen LogP contribution in [0.4, 0.5) is 0 Å². The molecule has 2 N–H and O–H groups in total. The number of aliphatic imine (C=N–C) groups is 1. The molecule has 1 aromatic carbocycles. The van der Waals surface area contributed by atoms with E-state index in [0.717, 1.165) is 12.0 Å². The van der Waals surface area contributed by atoms with Gasteiger partial charge in [0.15, 0.2) is 0 Å². The number of nitrogens with two attached hydrogens (primary N) is 1. The summed E-state index contributed by atoms with van der Waals surface area (Å²) in [6.45, 7) is 2.09. The number of rotatable bonds is 3. The Balaban J connectivity index is 0.00000196. The van der Waals surface area contributed by atoms with Crippen LogP contribution in [-0.2, 0) is 39.1 Å². The molecule has 0 bridgehead atoms. The van der Waals surface area contributed by atoms with Gasteiger partial charge in [0.1, 0.15) is 0 Å². The summed E-state index contributed by atoms with van der Waals surface area (Å²) in [4.78, 5) is 3.88. The van der Waals surface area contributed by atoms with E-state index >= 15 is 0 Å². The van der Waals surface area contributed by atoms with E-state index in [9.17, 15) is 0 Å². The van der Waals surface area contributed by atoms with Crippen LogP contribution in [0.15, 0.2) is 28.3 Å². The topological polar surface area (TPSA) is 50.7 Å². The first-order valence-electron chi connectivity index (χ1n) is 4.52. The molecule has 0 unspecified atom stereocenters. The zero-order valence-electron chi connectivity index (χ0n) is 9.07. The Hall–Kier alpha value is -0.536. The van der Waals surface area contributed by atoms with Gasteiger partial charge in [0.2, 0.25) is 0 Å². The molecule has 0 spiro atoms. The summed E-state index contributed by atoms with van der Waals surface area (Å²) >= 11 is 0. The first-order valence-corrected chi connectivity index (χ1v) is 4.52. The van der Waals surface area contributed by atoms with Gasteiger partial charge in [0.05, 0.1) is 5.71 Å². The Morgan fingerprint density at radius 2 is 2.27 bits per heavy atom. The molecule has 15 heavy (non-hydrogen) atoms. The van der Waals surface area contributed by atoms with Gasteiger partial charge in [-0.05, 0) is 0 Å². The predicted octanol–water partition coefficient (Wildman–Crippen LogP) is 1.41. The monoisotopic (exact) mass is 277 g/mol. The Morgan fingerprint density at radius 1 is 1.53 bits per heavy atom. The molecule has 1 radical (unpaired) electrons. The van der Waals surface area contributed by atoms with E-state index in [-0.39, 0.29) is 32.7 Å². The molecule has 0 fully saturated rings. The third-order valence-electron chi connectivity index (χ3n) is 1.94. The van der Waals surface area contributed by atoms with Gasteiger partial charge in [-0.15, -0.1) is 5.56 Å². The van der Waals surface area contributed by atoms with E-state index in [1.54, 1.807) is 13.3 Å². The van der Waals surface area contributed by atoms with Crippen molar-refractivity contribution in [3.63, 3.8) is 0 Å². The molecule has 0 atom stereocenters. The van der Waals surface area contributed by atoms with Crippen molar-refractivity contribution in [1.82, 2.24) is 0 Å². The minimum atomic E-state index is 0. The van der Waals surface area contributed by atoms with Crippen molar-refractivity contribution >= 4 is 11.9 Å². The van der Waals surface area contributed by atoms with Crippen LogP contribution in [0.1, 0.15) is 18.1 Å². The zero-order valence-corrected chi connectivity index (χ0v) is 11.9. The molecule has 4 heteroatoms. The largest absolute Gasteiger partial charge is 0.324 e. The average Bonchev–Trinajstić information content (AvgIpc) is 2.26. The smallest absolute Gasteiger partial charge is 0.0528 e. The summed E-state index contributed by atoms with van der Waals surface area (Å²) < 4.78 is 0. The van der Waals surface area contributed by atoms with Gasteiger partial charge in [0.25, 0.3) is 0 Å². The molecular formula is C11H14N3Y-. The normalized spacial score (nSPS) is 11.5. The van der Waals surface area contributed by atoms with Crippen LogP contribution in [0.25, 0.3) is 0 Å². The Morgan fingerprint density at radius 3 is 2.67 bits per heavy atom. The van der Waals surface area contributed by atoms with E-state index in [1.165, 1.54) is 5.56 Å². The van der Waals surface area contributed by atoms with Crippen molar-refractivity contribution in [2.45, 2.75) is 13.3 Å². The maximum Gasteiger partial charge on any atom is 0.0528 e. The van der Waals surface area contributed by atoms with E-state index in [2.05, 4.69) is 23.1 Å². The minimum Gasteiger partial charge on any atom is -0.324 e. The van der Waals surface area contributed by atoms with Crippen molar-refractivity contribution in [1.29, 1.82) is 0 Å². The number of aryl methyl sites for hydroxylation is 1. The fourth-order valence-corrected chi connectivity index (χ4v) is 1.14. The molecule has 0 saturated carbocycles. The Labute approximate surface area is 116 Å². The SMILES string of the molecule is CCc1[c-]cc(/C(C=NC)=N/N)cc1.[Y]. The second kappa shape index (κ2) is 7.72. The molecule has 1 rings (SSSR count). The number of hydrazone groups is 1. The second-order valence-corrected chi connectivity index (χ2v) is 2.86. The summed E-state index contributed by atoms with van der Waals surface area (Å²) in [7, 11) is 1.69. The van der Waals surface area contributed by atoms with Crippen LogP contribution in [0.3, 0.4) is 0 Å². The summed E-state index contributed by atoms with van der Waals surface area (Å²) in [5.41, 5.74) is 2.79. The standard InChI is InChI=1S/C11H14N3.Y/c1-3-9-4-6-10(7-5-9)11(14-12)8-13-2;/h4,6-8H,3,12H2,1-2H3;/q-1;/b13-8?,14-11+;. The number of benzene rings is 1. The van der Waals surface area contributed by atoms with Gasteiger partial charge < -0.3 is 5.84 Å². The van der Waals surface area contributed by atoms with Crippen molar-refractivity contribution in [2.24, 2.45) is 15.9 Å². The average molecular weight is 277 g/mol. The molecule has 0 aliphatic carbocycles. The van der Waals surface area contributed by atoms with Crippen LogP contribution < -0.4 is 5.84 Å². The van der Waals surface area contributed by atoms with Crippen LogP contribution in [-0.4, -0.2) is 19.0 Å². The summed E-state index contributed by atoms with van der Waals surface area (Å²) in [6.07, 6.45) is 2.62. The van der Waals surface area contributed by atoms with Crippen molar-refractivity contribution in [2.75, 3.05) is 7.05 Å². The molecule has 0 saturated heterocycles. The molecular weight excluding hydrogens is 263 g/mol. The molecule has 0 heterocycles. The number of nitrogens with zero attached hydrogens (tertiary/aromatic N) is 2. The molecule has 0 aliphatic heterocycles. The molecule has 0 aromatic heterocycles. The van der Waals surface area contributed by atoms with Gasteiger partial charge in [-0.25, -0.2) is 0 Å². The summed E-state index contributed by atoms with van der Waals surface area (Å²) in [5, 5.41) is 3.65. The third kappa shape index (κ3) is 4.23.